The summed E-state index contributed by atoms with van der Waals surface area (Å²) in [4.78, 5) is 10.9. The van der Waals surface area contributed by atoms with Gasteiger partial charge >= 0.3 is 0 Å². The molecule has 0 bridgehead atoms. The topological polar surface area (TPSA) is 44.1 Å². The maximum Gasteiger partial charge on any atom is 0.165 e. The number of aromatic nitrogens is 2. The molecular formula is C13H13ClN2O2. The minimum atomic E-state index is 0.257. The highest BCUT2D eigenvalue weighted by atomic mass is 35.5. The zero-order chi connectivity index (χ0) is 13.1. The predicted octanol–water partition coefficient (Wildman–Crippen LogP) is 3.72. The van der Waals surface area contributed by atoms with Gasteiger partial charge in [-0.05, 0) is 26.0 Å². The highest BCUT2D eigenvalue weighted by Crippen LogP contribution is 2.27. The fraction of sp³-hybridized carbons (Fsp3) is 0.231. The van der Waals surface area contributed by atoms with Crippen LogP contribution in [0.15, 0.2) is 30.6 Å². The molecule has 18 heavy (non-hydrogen) atoms. The van der Waals surface area contributed by atoms with E-state index in [9.17, 15) is 4.79 Å². The van der Waals surface area contributed by atoms with Gasteiger partial charge < -0.3 is 4.74 Å². The van der Waals surface area contributed by atoms with Crippen LogP contribution in [-0.4, -0.2) is 16.1 Å². The third-order valence-electron chi connectivity index (χ3n) is 2.44. The first-order valence-electron chi connectivity index (χ1n) is 5.57. The van der Waals surface area contributed by atoms with Crippen LogP contribution in [0.4, 0.5) is 0 Å². The SMILES string of the molecule is CC(C)n1cc(Oc2cc(Cl)ccc2C=O)cn1. The predicted molar refractivity (Wildman–Crippen MR) is 69.5 cm³/mol. The van der Waals surface area contributed by atoms with Crippen molar-refractivity contribution in [2.75, 3.05) is 0 Å². The standard InChI is InChI=1S/C13H13ClN2O2/c1-9(2)16-7-12(6-15-16)18-13-5-11(14)4-3-10(13)8-17/h3-9H,1-2H3. The van der Waals surface area contributed by atoms with E-state index in [1.165, 1.54) is 0 Å². The summed E-state index contributed by atoms with van der Waals surface area (Å²) in [5.74, 6) is 1.01. The van der Waals surface area contributed by atoms with E-state index >= 15 is 0 Å². The molecule has 0 radical (unpaired) electrons. The number of aldehydes is 1. The van der Waals surface area contributed by atoms with E-state index in [1.807, 2.05) is 13.8 Å². The Labute approximate surface area is 110 Å². The normalized spacial score (nSPS) is 10.7. The molecule has 0 saturated heterocycles. The first-order chi connectivity index (χ1) is 8.60. The second-order valence-electron chi connectivity index (χ2n) is 4.15. The number of hydrogen-bond acceptors (Lipinski definition) is 3. The highest BCUT2D eigenvalue weighted by Gasteiger charge is 2.08. The molecule has 1 aromatic heterocycles. The van der Waals surface area contributed by atoms with Gasteiger partial charge in [0.05, 0.1) is 18.0 Å². The van der Waals surface area contributed by atoms with Crippen LogP contribution >= 0.6 is 11.6 Å². The first-order valence-corrected chi connectivity index (χ1v) is 5.94. The molecule has 2 rings (SSSR count). The molecule has 0 fully saturated rings. The molecule has 0 saturated carbocycles. The average Bonchev–Trinajstić information content (AvgIpc) is 2.78. The fourth-order valence-corrected chi connectivity index (χ4v) is 1.64. The lowest BCUT2D eigenvalue weighted by atomic mass is 10.2. The van der Waals surface area contributed by atoms with Crippen molar-refractivity contribution in [3.05, 3.63) is 41.2 Å². The van der Waals surface area contributed by atoms with Gasteiger partial charge in [0.2, 0.25) is 0 Å². The van der Waals surface area contributed by atoms with Gasteiger partial charge in [0.15, 0.2) is 12.0 Å². The molecule has 0 aliphatic heterocycles. The van der Waals surface area contributed by atoms with Gasteiger partial charge in [-0.25, -0.2) is 0 Å². The Balaban J connectivity index is 2.27. The zero-order valence-electron chi connectivity index (χ0n) is 10.1. The lowest BCUT2D eigenvalue weighted by Crippen LogP contribution is -1.99. The summed E-state index contributed by atoms with van der Waals surface area (Å²) in [5.41, 5.74) is 0.455. The van der Waals surface area contributed by atoms with Crippen molar-refractivity contribution >= 4 is 17.9 Å². The summed E-state index contributed by atoms with van der Waals surface area (Å²) in [6.45, 7) is 4.04. The van der Waals surface area contributed by atoms with Gasteiger partial charge in [0, 0.05) is 17.1 Å². The van der Waals surface area contributed by atoms with Crippen LogP contribution < -0.4 is 4.74 Å². The number of hydrogen-bond donors (Lipinski definition) is 0. The number of ether oxygens (including phenoxy) is 1. The molecule has 4 nitrogen and oxygen atoms in total. The largest absolute Gasteiger partial charge is 0.453 e. The number of nitrogens with zero attached hydrogens (tertiary/aromatic N) is 2. The maximum atomic E-state index is 10.9. The van der Waals surface area contributed by atoms with Crippen LogP contribution in [-0.2, 0) is 0 Å². The van der Waals surface area contributed by atoms with Gasteiger partial charge in [-0.1, -0.05) is 11.6 Å². The minimum absolute atomic E-state index is 0.257. The molecule has 0 aliphatic carbocycles. The summed E-state index contributed by atoms with van der Waals surface area (Å²) >= 11 is 5.88. The van der Waals surface area contributed by atoms with Gasteiger partial charge in [0.1, 0.15) is 5.75 Å². The van der Waals surface area contributed by atoms with Crippen LogP contribution in [0, 0.1) is 0 Å². The molecule has 1 aromatic carbocycles. The summed E-state index contributed by atoms with van der Waals surface area (Å²) in [6, 6.07) is 5.14. The summed E-state index contributed by atoms with van der Waals surface area (Å²) in [7, 11) is 0. The van der Waals surface area contributed by atoms with E-state index in [0.29, 0.717) is 22.1 Å². The first kappa shape index (κ1) is 12.6. The van der Waals surface area contributed by atoms with Crippen LogP contribution in [0.2, 0.25) is 5.02 Å². The fourth-order valence-electron chi connectivity index (χ4n) is 1.48. The third-order valence-corrected chi connectivity index (χ3v) is 2.67. The van der Waals surface area contributed by atoms with Crippen molar-refractivity contribution in [1.29, 1.82) is 0 Å². The minimum Gasteiger partial charge on any atom is -0.453 e. The van der Waals surface area contributed by atoms with Crippen LogP contribution in [0.5, 0.6) is 11.5 Å². The lowest BCUT2D eigenvalue weighted by Gasteiger charge is -2.06. The Bertz CT molecular complexity index is 564. The number of carbonyl (C=O) groups is 1. The van der Waals surface area contributed by atoms with E-state index in [1.54, 1.807) is 35.3 Å². The molecule has 0 unspecified atom stereocenters. The molecule has 2 aromatic rings. The summed E-state index contributed by atoms with van der Waals surface area (Å²) in [6.07, 6.45) is 4.12. The Morgan fingerprint density at radius 1 is 1.44 bits per heavy atom. The van der Waals surface area contributed by atoms with E-state index in [-0.39, 0.29) is 6.04 Å². The number of benzene rings is 1. The lowest BCUT2D eigenvalue weighted by molar-refractivity contribution is 0.112. The molecule has 1 heterocycles. The Kier molecular flexibility index (Phi) is 3.67. The van der Waals surface area contributed by atoms with E-state index < -0.39 is 0 Å². The van der Waals surface area contributed by atoms with Gasteiger partial charge in [0.25, 0.3) is 0 Å². The molecule has 0 atom stereocenters. The molecular weight excluding hydrogens is 252 g/mol. The van der Waals surface area contributed by atoms with Crippen LogP contribution in [0.3, 0.4) is 0 Å². The molecule has 94 valence electrons. The van der Waals surface area contributed by atoms with E-state index in [2.05, 4.69) is 5.10 Å². The zero-order valence-corrected chi connectivity index (χ0v) is 10.9. The van der Waals surface area contributed by atoms with Crippen molar-refractivity contribution in [2.45, 2.75) is 19.9 Å². The summed E-state index contributed by atoms with van der Waals surface area (Å²) < 4.78 is 7.39. The molecule has 0 spiro atoms. The second kappa shape index (κ2) is 5.23. The monoisotopic (exact) mass is 264 g/mol. The van der Waals surface area contributed by atoms with Gasteiger partial charge in [-0.3, -0.25) is 9.48 Å². The summed E-state index contributed by atoms with van der Waals surface area (Å²) in [5, 5.41) is 4.68. The molecule has 5 heteroatoms. The second-order valence-corrected chi connectivity index (χ2v) is 4.59. The molecule has 0 N–H and O–H groups in total. The Morgan fingerprint density at radius 2 is 2.22 bits per heavy atom. The smallest absolute Gasteiger partial charge is 0.165 e. The van der Waals surface area contributed by atoms with Crippen molar-refractivity contribution in [2.24, 2.45) is 0 Å². The van der Waals surface area contributed by atoms with Crippen molar-refractivity contribution in [3.63, 3.8) is 0 Å². The number of carbonyl (C=O) groups excluding carboxylic acids is 1. The highest BCUT2D eigenvalue weighted by molar-refractivity contribution is 6.30. The maximum absolute atomic E-state index is 10.9. The third kappa shape index (κ3) is 2.71. The number of rotatable bonds is 4. The van der Waals surface area contributed by atoms with E-state index in [4.69, 9.17) is 16.3 Å². The van der Waals surface area contributed by atoms with Crippen LogP contribution in [0.1, 0.15) is 30.2 Å². The van der Waals surface area contributed by atoms with Crippen LogP contribution in [0.25, 0.3) is 0 Å². The molecule has 0 amide bonds. The van der Waals surface area contributed by atoms with Crippen molar-refractivity contribution < 1.29 is 9.53 Å². The average molecular weight is 265 g/mol. The Morgan fingerprint density at radius 3 is 2.83 bits per heavy atom. The van der Waals surface area contributed by atoms with Crippen molar-refractivity contribution in [3.8, 4) is 11.5 Å². The quantitative estimate of drug-likeness (QED) is 0.791. The number of halogens is 1. The van der Waals surface area contributed by atoms with Crippen molar-refractivity contribution in [1.82, 2.24) is 9.78 Å². The Hall–Kier alpha value is -1.81. The van der Waals surface area contributed by atoms with Gasteiger partial charge in [-0.2, -0.15) is 5.10 Å². The van der Waals surface area contributed by atoms with Gasteiger partial charge in [-0.15, -0.1) is 0 Å². The molecule has 0 aliphatic rings. The van der Waals surface area contributed by atoms with E-state index in [0.717, 1.165) is 6.29 Å².